The second-order valence-corrected chi connectivity index (χ2v) is 8.03. The molecule has 0 unspecified atom stereocenters. The Morgan fingerprint density at radius 1 is 1.19 bits per heavy atom. The normalized spacial score (nSPS) is 15.0. The zero-order valence-electron chi connectivity index (χ0n) is 15.4. The number of ether oxygens (including phenoxy) is 1. The maximum atomic E-state index is 12.0. The maximum absolute atomic E-state index is 12.0. The molecule has 1 amide bonds. The number of nitrogens with zero attached hydrogens (tertiary/aromatic N) is 5. The van der Waals surface area contributed by atoms with Gasteiger partial charge >= 0.3 is 6.09 Å². The Balaban J connectivity index is 1.46. The van der Waals surface area contributed by atoms with Gasteiger partial charge in [0.2, 0.25) is 0 Å². The zero-order chi connectivity index (χ0) is 19.2. The molecule has 0 aromatic carbocycles. The van der Waals surface area contributed by atoms with Gasteiger partial charge in [-0.05, 0) is 39.0 Å². The number of rotatable bonds is 2. The van der Waals surface area contributed by atoms with Crippen molar-refractivity contribution in [3.63, 3.8) is 0 Å². The lowest BCUT2D eigenvalue weighted by Gasteiger charge is -2.39. The van der Waals surface area contributed by atoms with Crippen LogP contribution in [0, 0.1) is 0 Å². The van der Waals surface area contributed by atoms with Crippen molar-refractivity contribution < 1.29 is 9.53 Å². The van der Waals surface area contributed by atoms with E-state index in [1.165, 1.54) is 0 Å². The van der Waals surface area contributed by atoms with Crippen LogP contribution in [0.15, 0.2) is 36.8 Å². The third-order valence-electron chi connectivity index (χ3n) is 4.33. The number of fused-ring (bicyclic) bond motifs is 1. The Morgan fingerprint density at radius 3 is 2.70 bits per heavy atom. The quantitative estimate of drug-likeness (QED) is 0.625. The van der Waals surface area contributed by atoms with Crippen molar-refractivity contribution in [1.29, 1.82) is 0 Å². The Hall–Kier alpha value is -2.67. The molecule has 0 aliphatic carbocycles. The fourth-order valence-electron chi connectivity index (χ4n) is 2.92. The van der Waals surface area contributed by atoms with E-state index in [1.54, 1.807) is 23.4 Å². The van der Waals surface area contributed by atoms with Crippen LogP contribution in [0.25, 0.3) is 22.2 Å². The molecule has 0 N–H and O–H groups in total. The van der Waals surface area contributed by atoms with E-state index in [4.69, 9.17) is 16.3 Å². The molecular formula is C19H20ClN5O2. The first-order chi connectivity index (χ1) is 12.8. The van der Waals surface area contributed by atoms with Gasteiger partial charge in [-0.2, -0.15) is 5.10 Å². The number of pyridine rings is 2. The standard InChI is InChI=1S/C19H20ClN5O2/c1-19(2,3)27-18(26)24-10-14(11-24)25-9-13(8-22-25)12-6-16-15(21-7-12)4-5-17(20)23-16/h4-9,14H,10-11H2,1-3H3. The first kappa shape index (κ1) is 17.7. The van der Waals surface area contributed by atoms with Gasteiger partial charge in [0, 0.05) is 36.6 Å². The first-order valence-corrected chi connectivity index (χ1v) is 9.11. The average Bonchev–Trinajstić information content (AvgIpc) is 3.00. The van der Waals surface area contributed by atoms with Gasteiger partial charge in [0.25, 0.3) is 0 Å². The minimum Gasteiger partial charge on any atom is -0.444 e. The number of likely N-dealkylation sites (tertiary alicyclic amines) is 1. The Bertz CT molecular complexity index is 1000. The number of carbonyl (C=O) groups is 1. The summed E-state index contributed by atoms with van der Waals surface area (Å²) in [7, 11) is 0. The van der Waals surface area contributed by atoms with Crippen LogP contribution in [0.5, 0.6) is 0 Å². The third kappa shape index (κ3) is 3.73. The summed E-state index contributed by atoms with van der Waals surface area (Å²) in [6.45, 7) is 6.76. The second kappa shape index (κ2) is 6.49. The Morgan fingerprint density at radius 2 is 1.96 bits per heavy atom. The number of hydrogen-bond acceptors (Lipinski definition) is 5. The molecular weight excluding hydrogens is 366 g/mol. The molecule has 8 heteroatoms. The molecule has 0 bridgehead atoms. The van der Waals surface area contributed by atoms with E-state index in [1.807, 2.05) is 43.8 Å². The van der Waals surface area contributed by atoms with Crippen LogP contribution in [0.1, 0.15) is 26.8 Å². The molecule has 1 saturated heterocycles. The molecule has 1 fully saturated rings. The molecule has 7 nitrogen and oxygen atoms in total. The van der Waals surface area contributed by atoms with Crippen LogP contribution in [-0.2, 0) is 4.74 Å². The highest BCUT2D eigenvalue weighted by Crippen LogP contribution is 2.27. The van der Waals surface area contributed by atoms with Crippen molar-refractivity contribution in [3.05, 3.63) is 41.9 Å². The van der Waals surface area contributed by atoms with E-state index in [0.29, 0.717) is 18.2 Å². The predicted octanol–water partition coefficient (Wildman–Crippen LogP) is 3.94. The van der Waals surface area contributed by atoms with Crippen molar-refractivity contribution in [1.82, 2.24) is 24.6 Å². The lowest BCUT2D eigenvalue weighted by atomic mass is 10.1. The van der Waals surface area contributed by atoms with E-state index in [0.717, 1.165) is 22.2 Å². The predicted molar refractivity (Wildman–Crippen MR) is 103 cm³/mol. The molecule has 1 aliphatic rings. The van der Waals surface area contributed by atoms with Gasteiger partial charge in [-0.15, -0.1) is 0 Å². The SMILES string of the molecule is CC(C)(C)OC(=O)N1CC(n2cc(-c3cnc4ccc(Cl)nc4c3)cn2)C1. The molecule has 0 atom stereocenters. The maximum Gasteiger partial charge on any atom is 0.410 e. The number of hydrogen-bond donors (Lipinski definition) is 0. The van der Waals surface area contributed by atoms with Crippen LogP contribution >= 0.6 is 11.6 Å². The monoisotopic (exact) mass is 385 g/mol. The van der Waals surface area contributed by atoms with Gasteiger partial charge < -0.3 is 9.64 Å². The highest BCUT2D eigenvalue weighted by Gasteiger charge is 2.35. The lowest BCUT2D eigenvalue weighted by molar-refractivity contribution is -0.000381. The topological polar surface area (TPSA) is 73.1 Å². The van der Waals surface area contributed by atoms with Crippen molar-refractivity contribution in [2.75, 3.05) is 13.1 Å². The molecule has 0 radical (unpaired) electrons. The van der Waals surface area contributed by atoms with Gasteiger partial charge in [-0.1, -0.05) is 11.6 Å². The molecule has 4 heterocycles. The summed E-state index contributed by atoms with van der Waals surface area (Å²) in [5, 5.41) is 4.88. The largest absolute Gasteiger partial charge is 0.444 e. The van der Waals surface area contributed by atoms with E-state index in [-0.39, 0.29) is 12.1 Å². The van der Waals surface area contributed by atoms with Crippen molar-refractivity contribution >= 4 is 28.7 Å². The molecule has 0 saturated carbocycles. The fourth-order valence-corrected chi connectivity index (χ4v) is 3.08. The molecule has 1 aliphatic heterocycles. The van der Waals surface area contributed by atoms with Crippen LogP contribution < -0.4 is 0 Å². The number of aromatic nitrogens is 4. The minimum absolute atomic E-state index is 0.146. The van der Waals surface area contributed by atoms with Crippen molar-refractivity contribution in [2.45, 2.75) is 32.4 Å². The summed E-state index contributed by atoms with van der Waals surface area (Å²) in [4.78, 5) is 22.5. The van der Waals surface area contributed by atoms with E-state index in [2.05, 4.69) is 15.1 Å². The average molecular weight is 386 g/mol. The van der Waals surface area contributed by atoms with E-state index >= 15 is 0 Å². The molecule has 4 rings (SSSR count). The summed E-state index contributed by atoms with van der Waals surface area (Å²) in [6, 6.07) is 5.66. The van der Waals surface area contributed by atoms with Gasteiger partial charge in [-0.25, -0.2) is 9.78 Å². The Labute approximate surface area is 161 Å². The molecule has 3 aromatic heterocycles. The fraction of sp³-hybridized carbons (Fsp3) is 0.368. The third-order valence-corrected chi connectivity index (χ3v) is 4.54. The van der Waals surface area contributed by atoms with E-state index < -0.39 is 5.60 Å². The summed E-state index contributed by atoms with van der Waals surface area (Å²) in [5.74, 6) is 0. The van der Waals surface area contributed by atoms with Gasteiger partial charge in [0.1, 0.15) is 10.8 Å². The summed E-state index contributed by atoms with van der Waals surface area (Å²) in [5.41, 5.74) is 2.92. The van der Waals surface area contributed by atoms with Crippen molar-refractivity contribution in [3.8, 4) is 11.1 Å². The van der Waals surface area contributed by atoms with Crippen LogP contribution in [0.4, 0.5) is 4.79 Å². The molecule has 140 valence electrons. The lowest BCUT2D eigenvalue weighted by Crippen LogP contribution is -2.52. The molecule has 0 spiro atoms. The van der Waals surface area contributed by atoms with Gasteiger partial charge in [0.05, 0.1) is 23.3 Å². The van der Waals surface area contributed by atoms with Crippen LogP contribution in [0.2, 0.25) is 5.15 Å². The van der Waals surface area contributed by atoms with Crippen LogP contribution in [0.3, 0.4) is 0 Å². The van der Waals surface area contributed by atoms with Crippen molar-refractivity contribution in [2.24, 2.45) is 0 Å². The van der Waals surface area contributed by atoms with Crippen LogP contribution in [-0.4, -0.2) is 49.4 Å². The first-order valence-electron chi connectivity index (χ1n) is 8.73. The van der Waals surface area contributed by atoms with Gasteiger partial charge in [-0.3, -0.25) is 9.67 Å². The molecule has 27 heavy (non-hydrogen) atoms. The highest BCUT2D eigenvalue weighted by molar-refractivity contribution is 6.29. The number of carbonyl (C=O) groups excluding carboxylic acids is 1. The summed E-state index contributed by atoms with van der Waals surface area (Å²) < 4.78 is 7.26. The van der Waals surface area contributed by atoms with E-state index in [9.17, 15) is 4.79 Å². The minimum atomic E-state index is -0.485. The Kier molecular flexibility index (Phi) is 4.26. The summed E-state index contributed by atoms with van der Waals surface area (Å²) in [6.07, 6.45) is 5.27. The zero-order valence-corrected chi connectivity index (χ0v) is 16.1. The van der Waals surface area contributed by atoms with Gasteiger partial charge in [0.15, 0.2) is 0 Å². The number of amides is 1. The second-order valence-electron chi connectivity index (χ2n) is 7.64. The highest BCUT2D eigenvalue weighted by atomic mass is 35.5. The smallest absolute Gasteiger partial charge is 0.410 e. The number of halogens is 1. The molecule has 3 aromatic rings. The summed E-state index contributed by atoms with van der Waals surface area (Å²) >= 11 is 5.97.